The van der Waals surface area contributed by atoms with Gasteiger partial charge in [-0.1, -0.05) is 19.9 Å². The predicted octanol–water partition coefficient (Wildman–Crippen LogP) is 3.86. The maximum absolute atomic E-state index is 11.7. The molecule has 26 heavy (non-hydrogen) atoms. The summed E-state index contributed by atoms with van der Waals surface area (Å²) in [5.74, 6) is -0.363. The van der Waals surface area contributed by atoms with Crippen molar-refractivity contribution in [3.8, 4) is 0 Å². The fourth-order valence-corrected chi connectivity index (χ4v) is 2.07. The third-order valence-corrected chi connectivity index (χ3v) is 3.29. The molecular weight excluding hydrogens is 356 g/mol. The summed E-state index contributed by atoms with van der Waals surface area (Å²) in [6.07, 6.45) is 2.90. The molecule has 146 valence electrons. The van der Waals surface area contributed by atoms with Crippen molar-refractivity contribution < 1.29 is 23.9 Å². The van der Waals surface area contributed by atoms with Crippen molar-refractivity contribution in [3.63, 3.8) is 0 Å². The summed E-state index contributed by atoms with van der Waals surface area (Å²) < 4.78 is 9.63. The summed E-state index contributed by atoms with van der Waals surface area (Å²) in [6.45, 7) is 11.5. The summed E-state index contributed by atoms with van der Waals surface area (Å²) in [7, 11) is 1.54. The number of thiazole rings is 1. The number of aromatic nitrogens is 1. The monoisotopic (exact) mass is 384 g/mol. The number of carbonyl (C=O) groups is 3. The predicted molar refractivity (Wildman–Crippen MR) is 102 cm³/mol. The second-order valence-corrected chi connectivity index (χ2v) is 7.34. The molecule has 0 aliphatic heterocycles. The summed E-state index contributed by atoms with van der Waals surface area (Å²) in [5.41, 5.74) is -0.196. The molecule has 0 spiro atoms. The maximum atomic E-state index is 11.7. The molecule has 7 nitrogen and oxygen atoms in total. The van der Waals surface area contributed by atoms with Crippen molar-refractivity contribution in [1.82, 2.24) is 10.3 Å². The van der Waals surface area contributed by atoms with Crippen LogP contribution in [0.3, 0.4) is 0 Å². The van der Waals surface area contributed by atoms with Gasteiger partial charge in [-0.25, -0.2) is 14.6 Å². The van der Waals surface area contributed by atoms with Gasteiger partial charge < -0.3 is 14.8 Å². The van der Waals surface area contributed by atoms with E-state index in [0.29, 0.717) is 17.5 Å². The SMILES string of the molecule is CCOC(=O)c1csc(C(=O)/C=C/C(C)C)n1.CNC(=O)OC(C)(C)C. The van der Waals surface area contributed by atoms with Gasteiger partial charge in [-0.2, -0.15) is 0 Å². The Morgan fingerprint density at radius 3 is 2.35 bits per heavy atom. The third-order valence-electron chi connectivity index (χ3n) is 2.44. The minimum absolute atomic E-state index is 0.181. The van der Waals surface area contributed by atoms with Crippen LogP contribution in [0.25, 0.3) is 0 Å². The molecule has 1 rings (SSSR count). The van der Waals surface area contributed by atoms with Crippen molar-refractivity contribution >= 4 is 29.2 Å². The van der Waals surface area contributed by atoms with E-state index in [2.05, 4.69) is 10.3 Å². The van der Waals surface area contributed by atoms with Gasteiger partial charge in [0.2, 0.25) is 5.78 Å². The Kier molecular flexibility index (Phi) is 10.4. The van der Waals surface area contributed by atoms with Gasteiger partial charge in [0.15, 0.2) is 10.7 Å². The van der Waals surface area contributed by atoms with Crippen LogP contribution in [0, 0.1) is 5.92 Å². The van der Waals surface area contributed by atoms with Crippen LogP contribution in [0.5, 0.6) is 0 Å². The number of carbonyl (C=O) groups excluding carboxylic acids is 3. The first-order valence-electron chi connectivity index (χ1n) is 8.26. The molecular formula is C18H28N2O5S. The molecule has 0 aliphatic rings. The zero-order valence-corrected chi connectivity index (χ0v) is 17.2. The Bertz CT molecular complexity index is 630. The summed E-state index contributed by atoms with van der Waals surface area (Å²) in [6, 6.07) is 0. The molecule has 0 aliphatic carbocycles. The van der Waals surface area contributed by atoms with Gasteiger partial charge in [0.1, 0.15) is 5.60 Å². The minimum Gasteiger partial charge on any atom is -0.461 e. The van der Waals surface area contributed by atoms with E-state index in [1.165, 1.54) is 18.5 Å². The summed E-state index contributed by atoms with van der Waals surface area (Å²) in [5, 5.41) is 4.21. The van der Waals surface area contributed by atoms with Crippen LogP contribution in [0.4, 0.5) is 4.79 Å². The number of nitrogens with one attached hydrogen (secondary N) is 1. The van der Waals surface area contributed by atoms with Gasteiger partial charge in [0.05, 0.1) is 6.61 Å². The lowest BCUT2D eigenvalue weighted by atomic mass is 10.2. The van der Waals surface area contributed by atoms with Crippen molar-refractivity contribution in [3.05, 3.63) is 28.2 Å². The minimum atomic E-state index is -0.490. The molecule has 0 saturated carbocycles. The molecule has 1 amide bonds. The molecule has 0 aromatic carbocycles. The topological polar surface area (TPSA) is 94.6 Å². The summed E-state index contributed by atoms with van der Waals surface area (Å²) >= 11 is 1.15. The highest BCUT2D eigenvalue weighted by Gasteiger charge is 2.15. The zero-order valence-electron chi connectivity index (χ0n) is 16.4. The van der Waals surface area contributed by atoms with Gasteiger partial charge in [-0.05, 0) is 39.7 Å². The van der Waals surface area contributed by atoms with Crippen LogP contribution in [-0.4, -0.2) is 42.1 Å². The van der Waals surface area contributed by atoms with E-state index in [9.17, 15) is 14.4 Å². The number of alkyl carbamates (subject to hydrolysis) is 1. The number of ketones is 1. The maximum Gasteiger partial charge on any atom is 0.407 e. The van der Waals surface area contributed by atoms with E-state index in [-0.39, 0.29) is 23.2 Å². The van der Waals surface area contributed by atoms with Crippen LogP contribution in [-0.2, 0) is 9.47 Å². The number of esters is 1. The van der Waals surface area contributed by atoms with Crippen molar-refractivity contribution in [2.75, 3.05) is 13.7 Å². The van der Waals surface area contributed by atoms with E-state index >= 15 is 0 Å². The van der Waals surface area contributed by atoms with Crippen molar-refractivity contribution in [2.24, 2.45) is 5.92 Å². The number of rotatable bonds is 5. The van der Waals surface area contributed by atoms with Gasteiger partial charge in [-0.15, -0.1) is 11.3 Å². The normalized spacial score (nSPS) is 10.9. The molecule has 0 saturated heterocycles. The van der Waals surface area contributed by atoms with Crippen molar-refractivity contribution in [1.29, 1.82) is 0 Å². The van der Waals surface area contributed by atoms with Crippen LogP contribution in [0.15, 0.2) is 17.5 Å². The first-order chi connectivity index (χ1) is 12.0. The van der Waals surface area contributed by atoms with E-state index in [1.54, 1.807) is 13.0 Å². The van der Waals surface area contributed by atoms with Gasteiger partial charge in [-0.3, -0.25) is 4.79 Å². The molecule has 1 aromatic heterocycles. The van der Waals surface area contributed by atoms with Gasteiger partial charge in [0, 0.05) is 12.4 Å². The molecule has 1 aromatic rings. The lowest BCUT2D eigenvalue weighted by Crippen LogP contribution is -2.30. The van der Waals surface area contributed by atoms with E-state index in [1.807, 2.05) is 34.6 Å². The highest BCUT2D eigenvalue weighted by atomic mass is 32.1. The lowest BCUT2D eigenvalue weighted by molar-refractivity contribution is 0.0516. The Labute approximate surface area is 158 Å². The molecule has 0 radical (unpaired) electrons. The first kappa shape index (κ1) is 23.8. The number of amides is 1. The fourth-order valence-electron chi connectivity index (χ4n) is 1.37. The number of allylic oxidation sites excluding steroid dienone is 2. The molecule has 0 bridgehead atoms. The summed E-state index contributed by atoms with van der Waals surface area (Å²) in [4.78, 5) is 37.4. The Morgan fingerprint density at radius 1 is 1.31 bits per heavy atom. The van der Waals surface area contributed by atoms with Crippen LogP contribution in [0.2, 0.25) is 0 Å². The van der Waals surface area contributed by atoms with Crippen LogP contribution in [0.1, 0.15) is 61.8 Å². The second kappa shape index (κ2) is 11.4. The number of ether oxygens (including phenoxy) is 2. The van der Waals surface area contributed by atoms with Gasteiger partial charge >= 0.3 is 12.1 Å². The smallest absolute Gasteiger partial charge is 0.407 e. The van der Waals surface area contributed by atoms with Crippen LogP contribution >= 0.6 is 11.3 Å². The Balaban J connectivity index is 0.000000590. The zero-order chi connectivity index (χ0) is 20.3. The lowest BCUT2D eigenvalue weighted by Gasteiger charge is -2.18. The second-order valence-electron chi connectivity index (χ2n) is 6.48. The first-order valence-corrected chi connectivity index (χ1v) is 9.14. The average Bonchev–Trinajstić information content (AvgIpc) is 3.02. The van der Waals surface area contributed by atoms with Gasteiger partial charge in [0.25, 0.3) is 0 Å². The standard InChI is InChI=1S/C12H15NO3S.C6H13NO2/c1-4-16-12(15)9-7-17-11(13-9)10(14)6-5-8(2)3;1-6(2,3)9-5(8)7-4/h5-8H,4H2,1-3H3;1-4H3,(H,7,8)/b6-5+;. The molecule has 0 fully saturated rings. The molecule has 8 heteroatoms. The molecule has 1 heterocycles. The van der Waals surface area contributed by atoms with Crippen LogP contribution < -0.4 is 5.32 Å². The number of hydrogen-bond acceptors (Lipinski definition) is 7. The van der Waals surface area contributed by atoms with E-state index < -0.39 is 5.97 Å². The molecule has 1 N–H and O–H groups in total. The third kappa shape index (κ3) is 10.6. The quantitative estimate of drug-likeness (QED) is 0.471. The van der Waals surface area contributed by atoms with Crippen molar-refractivity contribution in [2.45, 2.75) is 47.1 Å². The fraction of sp³-hybridized carbons (Fsp3) is 0.556. The average molecular weight is 384 g/mol. The molecule has 0 atom stereocenters. The highest BCUT2D eigenvalue weighted by Crippen LogP contribution is 2.12. The Morgan fingerprint density at radius 2 is 1.92 bits per heavy atom. The number of nitrogens with zero attached hydrogens (tertiary/aromatic N) is 1. The molecule has 0 unspecified atom stereocenters. The number of hydrogen-bond donors (Lipinski definition) is 1. The van der Waals surface area contributed by atoms with E-state index in [0.717, 1.165) is 11.3 Å². The highest BCUT2D eigenvalue weighted by molar-refractivity contribution is 7.12. The Hall–Kier alpha value is -2.22. The van der Waals surface area contributed by atoms with E-state index in [4.69, 9.17) is 9.47 Å². The largest absolute Gasteiger partial charge is 0.461 e.